The molecule has 1 aromatic carbocycles. The first-order chi connectivity index (χ1) is 22.3. The summed E-state index contributed by atoms with van der Waals surface area (Å²) in [6.45, 7) is 14.2. The number of hydrogen-bond donors (Lipinski definition) is 1. The van der Waals surface area contributed by atoms with Gasteiger partial charge in [0.1, 0.15) is 17.9 Å². The van der Waals surface area contributed by atoms with Gasteiger partial charge in [-0.25, -0.2) is 9.37 Å². The first-order valence-corrected chi connectivity index (χ1v) is 18.2. The van der Waals surface area contributed by atoms with E-state index < -0.39 is 16.0 Å². The van der Waals surface area contributed by atoms with Crippen molar-refractivity contribution < 1.29 is 22.3 Å². The summed E-state index contributed by atoms with van der Waals surface area (Å²) < 4.78 is 49.9. The summed E-state index contributed by atoms with van der Waals surface area (Å²) >= 11 is 0. The highest BCUT2D eigenvalue weighted by molar-refractivity contribution is 7.86. The van der Waals surface area contributed by atoms with E-state index in [1.807, 2.05) is 27.7 Å². The van der Waals surface area contributed by atoms with Crippen LogP contribution in [-0.2, 0) is 10.2 Å². The Morgan fingerprint density at radius 1 is 1.06 bits per heavy atom. The second-order valence-electron chi connectivity index (χ2n) is 14.3. The van der Waals surface area contributed by atoms with E-state index in [1.54, 1.807) is 13.5 Å². The predicted octanol–water partition coefficient (Wildman–Crippen LogP) is 2.56. The van der Waals surface area contributed by atoms with Crippen LogP contribution >= 0.6 is 0 Å². The number of hydrogen-bond acceptors (Lipinski definition) is 10. The molecular formula is C32H48FN9O4S. The van der Waals surface area contributed by atoms with Crippen molar-refractivity contribution in [2.24, 2.45) is 17.1 Å². The molecule has 1 spiro atoms. The summed E-state index contributed by atoms with van der Waals surface area (Å²) in [5.41, 5.74) is 6.24. The van der Waals surface area contributed by atoms with Crippen molar-refractivity contribution in [3.8, 4) is 11.6 Å². The summed E-state index contributed by atoms with van der Waals surface area (Å²) in [6, 6.07) is 3.69. The molecule has 4 fully saturated rings. The van der Waals surface area contributed by atoms with E-state index in [0.717, 1.165) is 58.4 Å². The van der Waals surface area contributed by atoms with E-state index >= 15 is 0 Å². The third-order valence-corrected chi connectivity index (χ3v) is 12.1. The molecule has 1 amide bonds. The molecule has 258 valence electrons. The largest absolute Gasteiger partial charge is 0.434 e. The number of amides is 1. The van der Waals surface area contributed by atoms with E-state index in [4.69, 9.17) is 10.5 Å². The Balaban J connectivity index is 1.04. The smallest absolute Gasteiger partial charge is 0.282 e. The maximum absolute atomic E-state index is 14.4. The zero-order valence-corrected chi connectivity index (χ0v) is 28.7. The third kappa shape index (κ3) is 7.09. The van der Waals surface area contributed by atoms with Crippen LogP contribution in [0.3, 0.4) is 0 Å². The lowest BCUT2D eigenvalue weighted by Crippen LogP contribution is -2.61. The predicted molar refractivity (Wildman–Crippen MR) is 176 cm³/mol. The molecule has 6 rings (SSSR count). The number of ether oxygens (including phenoxy) is 1. The quantitative estimate of drug-likeness (QED) is 0.400. The molecule has 2 aromatic rings. The van der Waals surface area contributed by atoms with Gasteiger partial charge in [-0.3, -0.25) is 4.79 Å². The number of carbonyl (C=O) groups is 1. The number of nitrogens with two attached hydrogens (primary N) is 1. The monoisotopic (exact) mass is 673 g/mol. The van der Waals surface area contributed by atoms with Crippen LogP contribution in [0.1, 0.15) is 63.7 Å². The van der Waals surface area contributed by atoms with Crippen LogP contribution in [0.4, 0.5) is 10.2 Å². The van der Waals surface area contributed by atoms with Gasteiger partial charge in [-0.05, 0) is 90.6 Å². The second-order valence-corrected chi connectivity index (χ2v) is 16.2. The van der Waals surface area contributed by atoms with Gasteiger partial charge in [0.2, 0.25) is 0 Å². The Morgan fingerprint density at radius 2 is 1.74 bits per heavy atom. The molecule has 15 heteroatoms. The maximum Gasteiger partial charge on any atom is 0.282 e. The van der Waals surface area contributed by atoms with Crippen molar-refractivity contribution >= 4 is 21.9 Å². The van der Waals surface area contributed by atoms with Gasteiger partial charge in [0.25, 0.3) is 22.0 Å². The molecule has 5 heterocycles. The Kier molecular flexibility index (Phi) is 9.74. The zero-order chi connectivity index (χ0) is 33.5. The SMILES string of the molecule is CC(C)N(C(=O)c1cc(F)ccc1Oc1nncnc1N1CC2(CCN(C[C@@H]3CCN(S(=O)(=O)N4CC[C@@H](N)C4)C3)CC2)C1)C(C)C. The minimum atomic E-state index is -3.43. The molecule has 4 aliphatic heterocycles. The normalized spacial score (nSPS) is 24.0. The number of likely N-dealkylation sites (tertiary alicyclic amines) is 1. The Morgan fingerprint density at radius 3 is 2.40 bits per heavy atom. The Bertz CT molecular complexity index is 1540. The number of carbonyl (C=O) groups excluding carboxylic acids is 1. The molecular weight excluding hydrogens is 625 g/mol. The van der Waals surface area contributed by atoms with Crippen LogP contribution in [0, 0.1) is 17.2 Å². The molecule has 2 N–H and O–H groups in total. The van der Waals surface area contributed by atoms with Crippen LogP contribution in [-0.4, -0.2) is 125 Å². The zero-order valence-electron chi connectivity index (χ0n) is 27.9. The number of anilines is 1. The van der Waals surface area contributed by atoms with Crippen molar-refractivity contribution in [1.29, 1.82) is 0 Å². The van der Waals surface area contributed by atoms with E-state index in [1.165, 1.54) is 24.5 Å². The maximum atomic E-state index is 14.4. The number of aromatic nitrogens is 3. The second kappa shape index (κ2) is 13.5. The molecule has 2 atom stereocenters. The molecule has 0 unspecified atom stereocenters. The topological polar surface area (TPSA) is 141 Å². The fourth-order valence-corrected chi connectivity index (χ4v) is 9.47. The van der Waals surface area contributed by atoms with Crippen LogP contribution in [0.25, 0.3) is 0 Å². The highest BCUT2D eigenvalue weighted by Crippen LogP contribution is 2.44. The van der Waals surface area contributed by atoms with Gasteiger partial charge in [0, 0.05) is 69.4 Å². The van der Waals surface area contributed by atoms with Crippen LogP contribution in [0.2, 0.25) is 0 Å². The van der Waals surface area contributed by atoms with Crippen molar-refractivity contribution in [2.75, 3.05) is 63.8 Å². The molecule has 1 aromatic heterocycles. The third-order valence-electron chi connectivity index (χ3n) is 10.2. The Hall–Kier alpha value is -2.98. The van der Waals surface area contributed by atoms with Gasteiger partial charge in [0.15, 0.2) is 5.82 Å². The van der Waals surface area contributed by atoms with Gasteiger partial charge in [0.05, 0.1) is 5.56 Å². The summed E-state index contributed by atoms with van der Waals surface area (Å²) in [6.07, 6.45) is 5.06. The van der Waals surface area contributed by atoms with Crippen LogP contribution < -0.4 is 15.4 Å². The van der Waals surface area contributed by atoms with E-state index in [2.05, 4.69) is 25.0 Å². The highest BCUT2D eigenvalue weighted by Gasteiger charge is 2.47. The minimum Gasteiger partial charge on any atom is -0.434 e. The summed E-state index contributed by atoms with van der Waals surface area (Å²) in [5, 5.41) is 8.15. The molecule has 47 heavy (non-hydrogen) atoms. The van der Waals surface area contributed by atoms with Gasteiger partial charge >= 0.3 is 0 Å². The fourth-order valence-electron chi connectivity index (χ4n) is 7.70. The van der Waals surface area contributed by atoms with Crippen LogP contribution in [0.15, 0.2) is 24.5 Å². The van der Waals surface area contributed by atoms with Gasteiger partial charge in [-0.15, -0.1) is 10.2 Å². The lowest BCUT2D eigenvalue weighted by molar-refractivity contribution is 0.0640. The molecule has 0 saturated carbocycles. The summed E-state index contributed by atoms with van der Waals surface area (Å²) in [7, 11) is -3.43. The average molecular weight is 674 g/mol. The first kappa shape index (κ1) is 33.9. The number of benzene rings is 1. The standard InChI is InChI=1S/C32H48FN9O4S/c1-22(2)42(23(3)4)31(43)27-15-25(33)5-6-28(27)46-30-29(35-21-36-37-30)39-19-32(20-39)9-13-38(14-10-32)16-24-7-11-40(17-24)47(44,45)41-12-8-26(34)18-41/h5-6,15,21-24,26H,7-14,16-20,34H2,1-4H3/t24-,26+/m0/s1. The van der Waals surface area contributed by atoms with E-state index in [0.29, 0.717) is 37.9 Å². The van der Waals surface area contributed by atoms with Gasteiger partial charge in [-0.2, -0.15) is 17.0 Å². The molecule has 4 aliphatic rings. The summed E-state index contributed by atoms with van der Waals surface area (Å²) in [5.74, 6) is 0.419. The number of halogens is 1. The molecule has 0 aliphatic carbocycles. The molecule has 4 saturated heterocycles. The fraction of sp³-hybridized carbons (Fsp3) is 0.688. The van der Waals surface area contributed by atoms with Gasteiger partial charge in [-0.1, -0.05) is 0 Å². The van der Waals surface area contributed by atoms with E-state index in [-0.39, 0.29) is 46.6 Å². The van der Waals surface area contributed by atoms with Crippen molar-refractivity contribution in [1.82, 2.24) is 33.6 Å². The van der Waals surface area contributed by atoms with Crippen molar-refractivity contribution in [3.05, 3.63) is 35.9 Å². The lowest BCUT2D eigenvalue weighted by Gasteiger charge is -2.54. The van der Waals surface area contributed by atoms with Gasteiger partial charge < -0.3 is 25.2 Å². The average Bonchev–Trinajstić information content (AvgIpc) is 3.67. The number of piperidine rings is 1. The lowest BCUT2D eigenvalue weighted by atomic mass is 9.72. The highest BCUT2D eigenvalue weighted by atomic mass is 32.2. The Labute approximate surface area is 277 Å². The minimum absolute atomic E-state index is 0.0695. The van der Waals surface area contributed by atoms with E-state index in [9.17, 15) is 17.6 Å². The number of nitrogens with zero attached hydrogens (tertiary/aromatic N) is 8. The first-order valence-electron chi connectivity index (χ1n) is 16.8. The summed E-state index contributed by atoms with van der Waals surface area (Å²) in [4.78, 5) is 24.3. The van der Waals surface area contributed by atoms with Crippen molar-refractivity contribution in [2.45, 2.75) is 71.5 Å². The molecule has 0 radical (unpaired) electrons. The molecule has 0 bridgehead atoms. The van der Waals surface area contributed by atoms with Crippen molar-refractivity contribution in [3.63, 3.8) is 0 Å². The number of rotatable bonds is 10. The van der Waals surface area contributed by atoms with Crippen LogP contribution in [0.5, 0.6) is 11.6 Å². The molecule has 13 nitrogen and oxygen atoms in total.